The summed E-state index contributed by atoms with van der Waals surface area (Å²) in [5, 5.41) is 54.5. The predicted octanol–water partition coefficient (Wildman–Crippen LogP) is 14.5. The van der Waals surface area contributed by atoms with Gasteiger partial charge in [0.25, 0.3) is 0 Å². The molecule has 0 saturated carbocycles. The lowest BCUT2D eigenvalue weighted by Crippen LogP contribution is -2.60. The summed E-state index contributed by atoms with van der Waals surface area (Å²) in [5.74, 6) is -0.176. The van der Waals surface area contributed by atoms with Gasteiger partial charge < -0.3 is 40.3 Å². The summed E-state index contributed by atoms with van der Waals surface area (Å²) in [6.45, 7) is 3.79. The van der Waals surface area contributed by atoms with Gasteiger partial charge in [-0.3, -0.25) is 4.79 Å². The lowest BCUT2D eigenvalue weighted by atomic mass is 9.99. The number of unbranched alkanes of at least 4 members (excludes halogenated alkanes) is 34. The van der Waals surface area contributed by atoms with Crippen LogP contribution in [0.2, 0.25) is 0 Å². The van der Waals surface area contributed by atoms with Gasteiger partial charge in [0.05, 0.1) is 25.4 Å². The fourth-order valence-electron chi connectivity index (χ4n) is 9.22. The maximum atomic E-state index is 13.1. The Balaban J connectivity index is 2.19. The van der Waals surface area contributed by atoms with Gasteiger partial charge in [0.15, 0.2) is 6.29 Å². The van der Waals surface area contributed by atoms with Gasteiger partial charge in [-0.1, -0.05) is 255 Å². The fourth-order valence-corrected chi connectivity index (χ4v) is 9.22. The summed E-state index contributed by atoms with van der Waals surface area (Å²) in [6.07, 6.45) is 58.9. The van der Waals surface area contributed by atoms with Crippen molar-refractivity contribution in [3.63, 3.8) is 0 Å². The third kappa shape index (κ3) is 39.4. The van der Waals surface area contributed by atoms with Crippen molar-refractivity contribution in [1.82, 2.24) is 5.32 Å². The standard InChI is InChI=1S/C60H111NO8/c1-3-5-7-9-11-13-15-17-19-21-22-23-24-25-26-27-28-29-30-31-32-34-36-38-40-42-44-46-48-50-56(64)61-53(52-68-60-59(67)58(66)57(65)55(51-62)69-60)54(63)49-47-45-43-41-39-37-35-33-20-18-16-14-12-10-8-6-4-2/h15,17,21-22,24-25,47,49,53-55,57-60,62-63,65-67H,3-14,16,18-20,23,26-46,48,50-52H2,1-2H3,(H,61,64)/b17-15-,22-21-,25-24-,49-47+. The number of rotatable bonds is 50. The molecule has 1 aliphatic heterocycles. The monoisotopic (exact) mass is 974 g/mol. The highest BCUT2D eigenvalue weighted by atomic mass is 16.7. The van der Waals surface area contributed by atoms with Crippen molar-refractivity contribution < 1.29 is 39.8 Å². The third-order valence-electron chi connectivity index (χ3n) is 13.9. The first-order valence-corrected chi connectivity index (χ1v) is 29.4. The Hall–Kier alpha value is -1.85. The quantitative estimate of drug-likeness (QED) is 0.0261. The lowest BCUT2D eigenvalue weighted by molar-refractivity contribution is -0.302. The van der Waals surface area contributed by atoms with E-state index in [4.69, 9.17) is 9.47 Å². The van der Waals surface area contributed by atoms with Crippen LogP contribution in [-0.2, 0) is 14.3 Å². The highest BCUT2D eigenvalue weighted by Crippen LogP contribution is 2.23. The molecule has 7 atom stereocenters. The maximum absolute atomic E-state index is 13.1. The molecule has 1 heterocycles. The normalized spacial score (nSPS) is 19.8. The van der Waals surface area contributed by atoms with E-state index in [1.54, 1.807) is 6.08 Å². The Morgan fingerprint density at radius 3 is 1.26 bits per heavy atom. The molecule has 0 bridgehead atoms. The van der Waals surface area contributed by atoms with E-state index in [0.717, 1.165) is 51.4 Å². The fraction of sp³-hybridized carbons (Fsp3) is 0.850. The topological polar surface area (TPSA) is 149 Å². The van der Waals surface area contributed by atoms with Gasteiger partial charge in [0, 0.05) is 6.42 Å². The van der Waals surface area contributed by atoms with Gasteiger partial charge in [-0.15, -0.1) is 0 Å². The van der Waals surface area contributed by atoms with Crippen LogP contribution in [0.5, 0.6) is 0 Å². The van der Waals surface area contributed by atoms with Crippen molar-refractivity contribution in [3.8, 4) is 0 Å². The predicted molar refractivity (Wildman–Crippen MR) is 290 cm³/mol. The van der Waals surface area contributed by atoms with E-state index in [-0.39, 0.29) is 12.5 Å². The number of allylic oxidation sites excluding steroid dienone is 7. The number of aliphatic hydroxyl groups excluding tert-OH is 5. The van der Waals surface area contributed by atoms with Crippen molar-refractivity contribution >= 4 is 5.91 Å². The molecule has 0 aliphatic carbocycles. The van der Waals surface area contributed by atoms with Crippen molar-refractivity contribution in [2.24, 2.45) is 0 Å². The number of hydrogen-bond acceptors (Lipinski definition) is 8. The average molecular weight is 975 g/mol. The Morgan fingerprint density at radius 2 is 0.855 bits per heavy atom. The van der Waals surface area contributed by atoms with Crippen LogP contribution >= 0.6 is 0 Å². The van der Waals surface area contributed by atoms with Crippen LogP contribution in [0.25, 0.3) is 0 Å². The van der Waals surface area contributed by atoms with Gasteiger partial charge in [-0.2, -0.15) is 0 Å². The van der Waals surface area contributed by atoms with Crippen molar-refractivity contribution in [3.05, 3.63) is 48.6 Å². The van der Waals surface area contributed by atoms with E-state index in [9.17, 15) is 30.3 Å². The molecule has 1 rings (SSSR count). The molecule has 9 nitrogen and oxygen atoms in total. The molecular weight excluding hydrogens is 863 g/mol. The van der Waals surface area contributed by atoms with Crippen LogP contribution in [0.15, 0.2) is 48.6 Å². The van der Waals surface area contributed by atoms with Gasteiger partial charge in [-0.25, -0.2) is 0 Å². The molecule has 69 heavy (non-hydrogen) atoms. The number of hydrogen-bond donors (Lipinski definition) is 6. The van der Waals surface area contributed by atoms with E-state index in [0.29, 0.717) is 6.42 Å². The molecule has 6 N–H and O–H groups in total. The first-order chi connectivity index (χ1) is 33.8. The molecular formula is C60H111NO8. The van der Waals surface area contributed by atoms with Gasteiger partial charge in [-0.05, 0) is 57.8 Å². The van der Waals surface area contributed by atoms with E-state index in [1.165, 1.54) is 199 Å². The molecule has 7 unspecified atom stereocenters. The van der Waals surface area contributed by atoms with Crippen molar-refractivity contribution in [2.75, 3.05) is 13.2 Å². The summed E-state index contributed by atoms with van der Waals surface area (Å²) in [4.78, 5) is 13.1. The maximum Gasteiger partial charge on any atom is 0.220 e. The number of carbonyl (C=O) groups excluding carboxylic acids is 1. The van der Waals surface area contributed by atoms with Crippen molar-refractivity contribution in [2.45, 2.75) is 314 Å². The highest BCUT2D eigenvalue weighted by Gasteiger charge is 2.44. The SMILES string of the molecule is CCCCCCC/C=C\C/C=C\C/C=C\CCCCCCCCCCCCCCCCC(=O)NC(COC1OC(CO)C(O)C(O)C1O)C(O)/C=C/CCCCCCCCCCCCCCCCC. The van der Waals surface area contributed by atoms with Gasteiger partial charge in [0.1, 0.15) is 24.4 Å². The van der Waals surface area contributed by atoms with Crippen LogP contribution in [0.3, 0.4) is 0 Å². The van der Waals surface area contributed by atoms with Crippen LogP contribution < -0.4 is 5.32 Å². The van der Waals surface area contributed by atoms with Gasteiger partial charge >= 0.3 is 0 Å². The zero-order valence-corrected chi connectivity index (χ0v) is 44.8. The molecule has 9 heteroatoms. The minimum absolute atomic E-state index is 0.176. The molecule has 0 aromatic carbocycles. The minimum atomic E-state index is -1.57. The number of nitrogens with one attached hydrogen (secondary N) is 1. The van der Waals surface area contributed by atoms with E-state index in [2.05, 4.69) is 55.6 Å². The average Bonchev–Trinajstić information content (AvgIpc) is 3.35. The van der Waals surface area contributed by atoms with E-state index >= 15 is 0 Å². The second kappa shape index (κ2) is 49.7. The smallest absolute Gasteiger partial charge is 0.220 e. The second-order valence-corrected chi connectivity index (χ2v) is 20.4. The Labute approximate surface area is 424 Å². The molecule has 0 aromatic heterocycles. The molecule has 1 aliphatic rings. The van der Waals surface area contributed by atoms with Crippen LogP contribution in [0.1, 0.15) is 271 Å². The highest BCUT2D eigenvalue weighted by molar-refractivity contribution is 5.76. The first-order valence-electron chi connectivity index (χ1n) is 29.4. The van der Waals surface area contributed by atoms with E-state index in [1.807, 2.05) is 6.08 Å². The summed E-state index contributed by atoms with van der Waals surface area (Å²) < 4.78 is 11.3. The largest absolute Gasteiger partial charge is 0.394 e. The summed E-state index contributed by atoms with van der Waals surface area (Å²) in [7, 11) is 0. The summed E-state index contributed by atoms with van der Waals surface area (Å²) >= 11 is 0. The van der Waals surface area contributed by atoms with E-state index < -0.39 is 49.5 Å². The second-order valence-electron chi connectivity index (χ2n) is 20.4. The zero-order valence-electron chi connectivity index (χ0n) is 44.8. The summed E-state index contributed by atoms with van der Waals surface area (Å²) in [5.41, 5.74) is 0. The molecule has 0 aromatic rings. The molecule has 1 amide bonds. The van der Waals surface area contributed by atoms with Crippen molar-refractivity contribution in [1.29, 1.82) is 0 Å². The minimum Gasteiger partial charge on any atom is -0.394 e. The van der Waals surface area contributed by atoms with Gasteiger partial charge in [0.2, 0.25) is 5.91 Å². The first kappa shape index (κ1) is 65.2. The van der Waals surface area contributed by atoms with Crippen LogP contribution in [-0.4, -0.2) is 87.5 Å². The number of amides is 1. The molecule has 1 saturated heterocycles. The number of carbonyl (C=O) groups is 1. The molecule has 0 spiro atoms. The Morgan fingerprint density at radius 1 is 0.493 bits per heavy atom. The molecule has 1 fully saturated rings. The molecule has 404 valence electrons. The van der Waals surface area contributed by atoms with Crippen LogP contribution in [0.4, 0.5) is 0 Å². The Bertz CT molecular complexity index is 1220. The number of ether oxygens (including phenoxy) is 2. The summed E-state index contributed by atoms with van der Waals surface area (Å²) in [6, 6.07) is -0.806. The Kier molecular flexibility index (Phi) is 47.0. The number of aliphatic hydroxyl groups is 5. The van der Waals surface area contributed by atoms with Crippen LogP contribution in [0, 0.1) is 0 Å². The lowest BCUT2D eigenvalue weighted by Gasteiger charge is -2.40. The zero-order chi connectivity index (χ0) is 50.1. The molecule has 0 radical (unpaired) electrons. The third-order valence-corrected chi connectivity index (χ3v) is 13.9.